The monoisotopic (exact) mass is 349 g/mol. The van der Waals surface area contributed by atoms with Crippen LogP contribution in [-0.2, 0) is 0 Å². The van der Waals surface area contributed by atoms with E-state index in [1.165, 1.54) is 35.0 Å². The first-order valence-electron chi connectivity index (χ1n) is 4.19. The van der Waals surface area contributed by atoms with Gasteiger partial charge in [0.25, 0.3) is 5.91 Å². The van der Waals surface area contributed by atoms with Crippen molar-refractivity contribution >= 4 is 45.0 Å². The van der Waals surface area contributed by atoms with Gasteiger partial charge in [0.05, 0.1) is 5.56 Å². The van der Waals surface area contributed by atoms with Crippen LogP contribution < -0.4 is 5.32 Å². The summed E-state index contributed by atoms with van der Waals surface area (Å²) in [5, 5.41) is 10.3. The third-order valence-electron chi connectivity index (χ3n) is 1.76. The van der Waals surface area contributed by atoms with Crippen LogP contribution in [0.1, 0.15) is 10.4 Å². The fourth-order valence-corrected chi connectivity index (χ4v) is 2.23. The second-order valence-corrected chi connectivity index (χ2v) is 4.82. The average Bonchev–Trinajstić information content (AvgIpc) is 2.70. The van der Waals surface area contributed by atoms with E-state index < -0.39 is 0 Å². The van der Waals surface area contributed by atoms with E-state index in [0.717, 1.165) is 0 Å². The highest BCUT2D eigenvalue weighted by Gasteiger charge is 2.11. The zero-order chi connectivity index (χ0) is 11.5. The molecule has 1 aromatic heterocycles. The highest BCUT2D eigenvalue weighted by Crippen LogP contribution is 2.16. The fourth-order valence-electron chi connectivity index (χ4n) is 1.07. The highest BCUT2D eigenvalue weighted by molar-refractivity contribution is 14.1. The summed E-state index contributed by atoms with van der Waals surface area (Å²) in [4.78, 5) is 11.7. The van der Waals surface area contributed by atoms with Gasteiger partial charge in [0.15, 0.2) is 0 Å². The average molecular weight is 349 g/mol. The van der Waals surface area contributed by atoms with Crippen LogP contribution in [0.3, 0.4) is 0 Å². The van der Waals surface area contributed by atoms with E-state index in [4.69, 9.17) is 0 Å². The smallest absolute Gasteiger partial charge is 0.258 e. The number of benzene rings is 1. The summed E-state index contributed by atoms with van der Waals surface area (Å²) in [5.41, 5.74) is 1.93. The molecule has 0 aliphatic carbocycles. The number of amides is 1. The summed E-state index contributed by atoms with van der Waals surface area (Å²) < 4.78 is 13.4. The lowest BCUT2D eigenvalue weighted by Gasteiger charge is -2.03. The fraction of sp³-hybridized carbons (Fsp3) is 0. The number of hydrogen-bond acceptors (Lipinski definition) is 4. The Bertz CT molecular complexity index is 517. The minimum Gasteiger partial charge on any atom is -0.296 e. The molecule has 0 atom stereocenters. The summed E-state index contributed by atoms with van der Waals surface area (Å²) >= 11 is 3.13. The number of nitrogens with zero attached hydrogens (tertiary/aromatic N) is 2. The van der Waals surface area contributed by atoms with Gasteiger partial charge in [-0.1, -0.05) is 11.3 Å². The molecule has 16 heavy (non-hydrogen) atoms. The second-order valence-electron chi connectivity index (χ2n) is 2.82. The molecule has 0 aliphatic rings. The number of carbonyl (C=O) groups is 1. The number of carbonyl (C=O) groups excluding carboxylic acids is 1. The normalized spacial score (nSPS) is 10.1. The Balaban J connectivity index is 2.21. The largest absolute Gasteiger partial charge is 0.296 e. The number of nitrogens with one attached hydrogen (secondary N) is 1. The van der Waals surface area contributed by atoms with Gasteiger partial charge in [0.2, 0.25) is 5.13 Å². The molecule has 4 nitrogen and oxygen atoms in total. The van der Waals surface area contributed by atoms with Crippen LogP contribution in [0.5, 0.6) is 0 Å². The van der Waals surface area contributed by atoms with Crippen LogP contribution >= 0.6 is 33.9 Å². The van der Waals surface area contributed by atoms with Crippen molar-refractivity contribution in [3.05, 3.63) is 38.7 Å². The van der Waals surface area contributed by atoms with Crippen molar-refractivity contribution in [3.8, 4) is 0 Å². The Hall–Kier alpha value is -1.09. The van der Waals surface area contributed by atoms with Gasteiger partial charge in [-0.05, 0) is 40.8 Å². The van der Waals surface area contributed by atoms with Gasteiger partial charge in [0, 0.05) is 3.57 Å². The van der Waals surface area contributed by atoms with Crippen LogP contribution in [0, 0.1) is 9.39 Å². The molecule has 0 unspecified atom stereocenters. The van der Waals surface area contributed by atoms with Gasteiger partial charge >= 0.3 is 0 Å². The van der Waals surface area contributed by atoms with E-state index in [1.54, 1.807) is 0 Å². The van der Waals surface area contributed by atoms with Crippen LogP contribution in [0.15, 0.2) is 23.7 Å². The first-order chi connectivity index (χ1) is 7.66. The standard InChI is InChI=1S/C9H5FIN3OS/c10-5-1-2-6(7(11)3-5)8(15)13-9-14-12-4-16-9/h1-4H,(H,13,14,15). The molecule has 0 spiro atoms. The Morgan fingerprint density at radius 1 is 1.50 bits per heavy atom. The highest BCUT2D eigenvalue weighted by atomic mass is 127. The predicted molar refractivity (Wildman–Crippen MR) is 67.0 cm³/mol. The number of rotatable bonds is 2. The quantitative estimate of drug-likeness (QED) is 0.848. The van der Waals surface area contributed by atoms with Crippen molar-refractivity contribution in [3.63, 3.8) is 0 Å². The molecule has 1 heterocycles. The SMILES string of the molecule is O=C(Nc1nncs1)c1ccc(F)cc1I. The maximum absolute atomic E-state index is 12.8. The van der Waals surface area contributed by atoms with Gasteiger partial charge in [-0.3, -0.25) is 10.1 Å². The topological polar surface area (TPSA) is 54.9 Å². The van der Waals surface area contributed by atoms with E-state index in [0.29, 0.717) is 14.3 Å². The predicted octanol–water partition coefficient (Wildman–Crippen LogP) is 2.53. The van der Waals surface area contributed by atoms with E-state index in [2.05, 4.69) is 15.5 Å². The summed E-state index contributed by atoms with van der Waals surface area (Å²) in [6.07, 6.45) is 0. The van der Waals surface area contributed by atoms with Crippen LogP contribution in [0.4, 0.5) is 9.52 Å². The van der Waals surface area contributed by atoms with Gasteiger partial charge in [-0.25, -0.2) is 4.39 Å². The molecule has 0 saturated heterocycles. The minimum atomic E-state index is -0.364. The maximum atomic E-state index is 12.8. The molecule has 0 fully saturated rings. The lowest BCUT2D eigenvalue weighted by molar-refractivity contribution is 0.102. The number of hydrogen-bond donors (Lipinski definition) is 1. The van der Waals surface area contributed by atoms with E-state index in [-0.39, 0.29) is 11.7 Å². The van der Waals surface area contributed by atoms with Gasteiger partial charge in [-0.15, -0.1) is 10.2 Å². The second kappa shape index (κ2) is 4.83. The van der Waals surface area contributed by atoms with E-state index in [1.807, 2.05) is 22.6 Å². The molecule has 1 N–H and O–H groups in total. The Labute approximate surface area is 108 Å². The van der Waals surface area contributed by atoms with Gasteiger partial charge in [-0.2, -0.15) is 0 Å². The molecule has 2 rings (SSSR count). The van der Waals surface area contributed by atoms with Gasteiger partial charge < -0.3 is 0 Å². The summed E-state index contributed by atoms with van der Waals surface area (Å²) in [7, 11) is 0. The molecule has 0 radical (unpaired) electrons. The molecule has 0 aliphatic heterocycles. The van der Waals surface area contributed by atoms with E-state index >= 15 is 0 Å². The summed E-state index contributed by atoms with van der Waals surface area (Å²) in [6, 6.07) is 3.99. The van der Waals surface area contributed by atoms with Crippen molar-refractivity contribution in [2.75, 3.05) is 5.32 Å². The van der Waals surface area contributed by atoms with Crippen molar-refractivity contribution in [2.45, 2.75) is 0 Å². The first-order valence-corrected chi connectivity index (χ1v) is 6.15. The molecule has 7 heteroatoms. The van der Waals surface area contributed by atoms with Crippen molar-refractivity contribution in [1.29, 1.82) is 0 Å². The molecule has 0 bridgehead atoms. The van der Waals surface area contributed by atoms with Crippen LogP contribution in [0.2, 0.25) is 0 Å². The molecular weight excluding hydrogens is 344 g/mol. The first kappa shape index (κ1) is 11.4. The molecule has 0 saturated carbocycles. The summed E-state index contributed by atoms with van der Waals surface area (Å²) in [6.45, 7) is 0. The van der Waals surface area contributed by atoms with E-state index in [9.17, 15) is 9.18 Å². The molecule has 82 valence electrons. The molecule has 1 amide bonds. The van der Waals surface area contributed by atoms with Crippen molar-refractivity contribution in [2.24, 2.45) is 0 Å². The number of anilines is 1. The van der Waals surface area contributed by atoms with Crippen LogP contribution in [0.25, 0.3) is 0 Å². The summed E-state index contributed by atoms with van der Waals surface area (Å²) in [5.74, 6) is -0.682. The zero-order valence-corrected chi connectivity index (χ0v) is 10.8. The molecule has 1 aromatic carbocycles. The van der Waals surface area contributed by atoms with Crippen molar-refractivity contribution < 1.29 is 9.18 Å². The van der Waals surface area contributed by atoms with Crippen LogP contribution in [-0.4, -0.2) is 16.1 Å². The lowest BCUT2D eigenvalue weighted by Crippen LogP contribution is -2.13. The Kier molecular flexibility index (Phi) is 3.44. The number of aromatic nitrogens is 2. The Morgan fingerprint density at radius 2 is 2.31 bits per heavy atom. The Morgan fingerprint density at radius 3 is 2.94 bits per heavy atom. The minimum absolute atomic E-state index is 0.318. The van der Waals surface area contributed by atoms with Crippen molar-refractivity contribution in [1.82, 2.24) is 10.2 Å². The third-order valence-corrected chi connectivity index (χ3v) is 3.26. The molecule has 2 aromatic rings. The number of halogens is 2. The zero-order valence-electron chi connectivity index (χ0n) is 7.78. The molecular formula is C9H5FIN3OS. The maximum Gasteiger partial charge on any atom is 0.258 e. The lowest BCUT2D eigenvalue weighted by atomic mass is 10.2. The van der Waals surface area contributed by atoms with Gasteiger partial charge in [0.1, 0.15) is 11.3 Å². The third kappa shape index (κ3) is 2.53.